The second kappa shape index (κ2) is 5.26. The number of halogens is 1. The van der Waals surface area contributed by atoms with Gasteiger partial charge in [0.2, 0.25) is 6.19 Å². The summed E-state index contributed by atoms with van der Waals surface area (Å²) in [5.74, 6) is 0.718. The smallest absolute Gasteiger partial charge is 0.207 e. The summed E-state index contributed by atoms with van der Waals surface area (Å²) in [5.41, 5.74) is 0. The molecule has 0 N–H and O–H groups in total. The third kappa shape index (κ3) is 3.23. The minimum Gasteiger partial charge on any atom is -0.357 e. The van der Waals surface area contributed by atoms with Crippen LogP contribution in [-0.4, -0.2) is 22.8 Å². The van der Waals surface area contributed by atoms with Crippen molar-refractivity contribution in [3.05, 3.63) is 14.1 Å². The average Bonchev–Trinajstić information content (AvgIpc) is 2.51. The van der Waals surface area contributed by atoms with Crippen molar-refractivity contribution in [1.29, 1.82) is 5.26 Å². The zero-order valence-electron chi connectivity index (χ0n) is 7.86. The Hall–Kier alpha value is -0.680. The SMILES string of the molecule is CC(=NC#N)N(C)Cc1cnc(I)s1. The van der Waals surface area contributed by atoms with Crippen LogP contribution in [-0.2, 0) is 6.54 Å². The Bertz CT molecular complexity index is 379. The fraction of sp³-hybridized carbons (Fsp3) is 0.375. The molecule has 1 rings (SSSR count). The highest BCUT2D eigenvalue weighted by molar-refractivity contribution is 14.1. The molecule has 0 spiro atoms. The van der Waals surface area contributed by atoms with E-state index < -0.39 is 0 Å². The van der Waals surface area contributed by atoms with E-state index in [0.717, 1.165) is 15.4 Å². The summed E-state index contributed by atoms with van der Waals surface area (Å²) in [6, 6.07) is 0. The van der Waals surface area contributed by atoms with Gasteiger partial charge in [0, 0.05) is 18.1 Å². The van der Waals surface area contributed by atoms with Crippen molar-refractivity contribution in [2.45, 2.75) is 13.5 Å². The van der Waals surface area contributed by atoms with Crippen molar-refractivity contribution >= 4 is 39.8 Å². The Morgan fingerprint density at radius 1 is 1.86 bits per heavy atom. The molecular weight excluding hydrogens is 311 g/mol. The summed E-state index contributed by atoms with van der Waals surface area (Å²) < 4.78 is 1.03. The zero-order chi connectivity index (χ0) is 10.6. The van der Waals surface area contributed by atoms with Gasteiger partial charge in [-0.2, -0.15) is 10.3 Å². The first-order valence-corrected chi connectivity index (χ1v) is 5.77. The molecule has 0 saturated heterocycles. The topological polar surface area (TPSA) is 52.3 Å². The summed E-state index contributed by atoms with van der Waals surface area (Å²) in [6.45, 7) is 2.56. The van der Waals surface area contributed by atoms with Crippen molar-refractivity contribution in [2.24, 2.45) is 4.99 Å². The molecule has 0 aliphatic heterocycles. The first-order valence-electron chi connectivity index (χ1n) is 3.88. The number of aromatic nitrogens is 1. The number of rotatable bonds is 2. The van der Waals surface area contributed by atoms with Crippen LogP contribution in [0.1, 0.15) is 11.8 Å². The van der Waals surface area contributed by atoms with E-state index in [2.05, 4.69) is 32.6 Å². The second-order valence-electron chi connectivity index (χ2n) is 2.69. The summed E-state index contributed by atoms with van der Waals surface area (Å²) in [4.78, 5) is 10.9. The number of thiazole rings is 1. The first kappa shape index (κ1) is 11.4. The normalized spacial score (nSPS) is 11.1. The van der Waals surface area contributed by atoms with Crippen LogP contribution in [0.15, 0.2) is 11.2 Å². The monoisotopic (exact) mass is 320 g/mol. The largest absolute Gasteiger partial charge is 0.357 e. The highest BCUT2D eigenvalue weighted by Crippen LogP contribution is 2.16. The highest BCUT2D eigenvalue weighted by atomic mass is 127. The maximum Gasteiger partial charge on any atom is 0.207 e. The highest BCUT2D eigenvalue weighted by Gasteiger charge is 2.04. The lowest BCUT2D eigenvalue weighted by Crippen LogP contribution is -2.22. The summed E-state index contributed by atoms with van der Waals surface area (Å²) in [7, 11) is 1.91. The Balaban J connectivity index is 2.62. The van der Waals surface area contributed by atoms with E-state index in [4.69, 9.17) is 5.26 Å². The molecule has 4 nitrogen and oxygen atoms in total. The number of nitriles is 1. The molecule has 0 aliphatic rings. The molecule has 0 aromatic carbocycles. The number of aliphatic imine (C=N–C) groups is 1. The van der Waals surface area contributed by atoms with Crippen molar-refractivity contribution in [2.75, 3.05) is 7.05 Å². The Labute approximate surface area is 100 Å². The van der Waals surface area contributed by atoms with Crippen molar-refractivity contribution in [3.8, 4) is 6.19 Å². The lowest BCUT2D eigenvalue weighted by molar-refractivity contribution is 0.502. The van der Waals surface area contributed by atoms with Gasteiger partial charge < -0.3 is 4.90 Å². The van der Waals surface area contributed by atoms with Gasteiger partial charge in [-0.25, -0.2) is 4.98 Å². The van der Waals surface area contributed by atoms with Gasteiger partial charge in [0.05, 0.1) is 6.54 Å². The minimum absolute atomic E-state index is 0.718. The van der Waals surface area contributed by atoms with Gasteiger partial charge >= 0.3 is 0 Å². The molecule has 0 radical (unpaired) electrons. The van der Waals surface area contributed by atoms with E-state index in [1.165, 1.54) is 4.88 Å². The second-order valence-corrected chi connectivity index (χ2v) is 5.56. The van der Waals surface area contributed by atoms with E-state index in [9.17, 15) is 0 Å². The Kier molecular flexibility index (Phi) is 4.28. The number of nitrogens with zero attached hydrogens (tertiary/aromatic N) is 4. The summed E-state index contributed by atoms with van der Waals surface area (Å²) in [6.07, 6.45) is 3.62. The zero-order valence-corrected chi connectivity index (χ0v) is 10.8. The molecule has 6 heteroatoms. The first-order chi connectivity index (χ1) is 6.63. The van der Waals surface area contributed by atoms with Gasteiger partial charge in [-0.05, 0) is 29.5 Å². The maximum atomic E-state index is 8.38. The maximum absolute atomic E-state index is 8.38. The van der Waals surface area contributed by atoms with Crippen LogP contribution in [0.2, 0.25) is 0 Å². The Morgan fingerprint density at radius 2 is 2.57 bits per heavy atom. The molecule has 1 aromatic rings. The lowest BCUT2D eigenvalue weighted by atomic mass is 10.4. The standard InChI is InChI=1S/C8H9IN4S/c1-6(12-5-10)13(2)4-7-3-11-8(9)14-7/h3H,4H2,1-2H3. The van der Waals surface area contributed by atoms with Gasteiger partial charge in [-0.15, -0.1) is 11.3 Å². The molecule has 0 fully saturated rings. The van der Waals surface area contributed by atoms with E-state index >= 15 is 0 Å². The molecule has 0 aliphatic carbocycles. The van der Waals surface area contributed by atoms with Crippen LogP contribution in [0, 0.1) is 14.5 Å². The van der Waals surface area contributed by atoms with Gasteiger partial charge in [-0.3, -0.25) is 0 Å². The van der Waals surface area contributed by atoms with Crippen LogP contribution in [0.25, 0.3) is 0 Å². The van der Waals surface area contributed by atoms with E-state index in [1.54, 1.807) is 17.5 Å². The minimum atomic E-state index is 0.718. The fourth-order valence-electron chi connectivity index (χ4n) is 0.863. The van der Waals surface area contributed by atoms with Gasteiger partial charge in [0.1, 0.15) is 5.84 Å². The van der Waals surface area contributed by atoms with Crippen LogP contribution in [0.4, 0.5) is 0 Å². The lowest BCUT2D eigenvalue weighted by Gasteiger charge is -2.15. The van der Waals surface area contributed by atoms with Crippen molar-refractivity contribution in [1.82, 2.24) is 9.88 Å². The third-order valence-corrected chi connectivity index (χ3v) is 3.39. The molecule has 0 atom stereocenters. The number of amidine groups is 1. The summed E-state index contributed by atoms with van der Waals surface area (Å²) in [5, 5.41) is 8.38. The van der Waals surface area contributed by atoms with Crippen LogP contribution in [0.3, 0.4) is 0 Å². The fourth-order valence-corrected chi connectivity index (χ4v) is 2.54. The van der Waals surface area contributed by atoms with Crippen molar-refractivity contribution in [3.63, 3.8) is 0 Å². The van der Waals surface area contributed by atoms with E-state index in [0.29, 0.717) is 0 Å². The number of hydrogen-bond donors (Lipinski definition) is 0. The Morgan fingerprint density at radius 3 is 3.07 bits per heavy atom. The molecule has 0 bridgehead atoms. The van der Waals surface area contributed by atoms with Crippen LogP contribution in [0.5, 0.6) is 0 Å². The van der Waals surface area contributed by atoms with Gasteiger partial charge in [-0.1, -0.05) is 0 Å². The quantitative estimate of drug-likeness (QED) is 0.363. The molecule has 1 aromatic heterocycles. The van der Waals surface area contributed by atoms with Crippen LogP contribution < -0.4 is 0 Å². The summed E-state index contributed by atoms with van der Waals surface area (Å²) >= 11 is 3.84. The van der Waals surface area contributed by atoms with Crippen LogP contribution >= 0.6 is 33.9 Å². The van der Waals surface area contributed by atoms with E-state index in [1.807, 2.05) is 25.1 Å². The van der Waals surface area contributed by atoms with E-state index in [-0.39, 0.29) is 0 Å². The van der Waals surface area contributed by atoms with Gasteiger partial charge in [0.25, 0.3) is 0 Å². The average molecular weight is 320 g/mol. The van der Waals surface area contributed by atoms with Gasteiger partial charge in [0.15, 0.2) is 3.01 Å². The molecule has 0 saturated carbocycles. The third-order valence-electron chi connectivity index (χ3n) is 1.68. The number of hydrogen-bond acceptors (Lipinski definition) is 4. The molecule has 0 unspecified atom stereocenters. The van der Waals surface area contributed by atoms with Crippen molar-refractivity contribution < 1.29 is 0 Å². The molecule has 0 amide bonds. The predicted molar refractivity (Wildman–Crippen MR) is 65.0 cm³/mol. The molecular formula is C8H9IN4S. The molecule has 74 valence electrons. The predicted octanol–water partition coefficient (Wildman–Crippen LogP) is 2.08. The molecule has 1 heterocycles. The molecule has 14 heavy (non-hydrogen) atoms.